The molecule has 0 radical (unpaired) electrons. The van der Waals surface area contributed by atoms with Gasteiger partial charge < -0.3 is 19.7 Å². The van der Waals surface area contributed by atoms with Crippen LogP contribution in [0.5, 0.6) is 5.75 Å². The summed E-state index contributed by atoms with van der Waals surface area (Å²) in [4.78, 5) is 12.5. The first kappa shape index (κ1) is 21.6. The van der Waals surface area contributed by atoms with Crippen molar-refractivity contribution >= 4 is 5.97 Å². The van der Waals surface area contributed by atoms with E-state index < -0.39 is 16.8 Å². The average molecular weight is 386 g/mol. The summed E-state index contributed by atoms with van der Waals surface area (Å²) in [6, 6.07) is 6.00. The van der Waals surface area contributed by atoms with Gasteiger partial charge in [-0.2, -0.15) is 0 Å². The number of benzene rings is 1. The Kier molecular flexibility index (Phi) is 5.97. The number of phenolic OH excluding ortho intramolecular Hbond substituents is 1. The van der Waals surface area contributed by atoms with Crippen LogP contribution >= 0.6 is 0 Å². The summed E-state index contributed by atoms with van der Waals surface area (Å²) in [6.45, 7) is 15.5. The highest BCUT2D eigenvalue weighted by atomic mass is 16.6. The highest BCUT2D eigenvalue weighted by molar-refractivity contribution is 5.89. The van der Waals surface area contributed by atoms with E-state index in [-0.39, 0.29) is 23.7 Å². The Morgan fingerprint density at radius 3 is 2.00 bits per heavy atom. The van der Waals surface area contributed by atoms with Gasteiger partial charge in [-0.05, 0) is 49.8 Å². The number of phenols is 1. The third-order valence-electron chi connectivity index (χ3n) is 5.31. The van der Waals surface area contributed by atoms with E-state index >= 15 is 0 Å². The van der Waals surface area contributed by atoms with Gasteiger partial charge in [-0.1, -0.05) is 40.3 Å². The number of hydrogen-bond donors (Lipinski definition) is 2. The van der Waals surface area contributed by atoms with E-state index in [0.29, 0.717) is 11.3 Å². The van der Waals surface area contributed by atoms with Crippen molar-refractivity contribution in [2.45, 2.75) is 53.8 Å². The largest absolute Gasteiger partial charge is 0.513 e. The van der Waals surface area contributed by atoms with E-state index in [1.807, 2.05) is 34.6 Å². The van der Waals surface area contributed by atoms with Crippen LogP contribution in [0.3, 0.4) is 0 Å². The molecule has 152 valence electrons. The molecule has 0 aliphatic heterocycles. The Labute approximate surface area is 167 Å². The fourth-order valence-corrected chi connectivity index (χ4v) is 4.05. The van der Waals surface area contributed by atoms with Gasteiger partial charge in [-0.15, -0.1) is 0 Å². The summed E-state index contributed by atoms with van der Waals surface area (Å²) < 4.78 is 12.0. The van der Waals surface area contributed by atoms with Crippen LogP contribution in [-0.2, 0) is 9.47 Å². The maximum Gasteiger partial charge on any atom is 0.338 e. The van der Waals surface area contributed by atoms with Gasteiger partial charge in [-0.3, -0.25) is 0 Å². The van der Waals surface area contributed by atoms with Gasteiger partial charge in [0.2, 0.25) is 0 Å². The normalized spacial score (nSPS) is 23.5. The monoisotopic (exact) mass is 386 g/mol. The predicted octanol–water partition coefficient (Wildman–Crippen LogP) is 5.29. The minimum absolute atomic E-state index is 0.0995. The molecule has 1 aliphatic rings. The predicted molar refractivity (Wildman–Crippen MR) is 109 cm³/mol. The molecule has 1 saturated carbocycles. The molecule has 1 fully saturated rings. The van der Waals surface area contributed by atoms with Crippen molar-refractivity contribution in [2.75, 3.05) is 0 Å². The second kappa shape index (κ2) is 7.74. The second-order valence-corrected chi connectivity index (χ2v) is 8.55. The molecular formula is C23H30O5. The lowest BCUT2D eigenvalue weighted by atomic mass is 9.51. The number of carbonyl (C=O) groups excluding carboxylic acids is 1. The molecule has 2 rings (SSSR count). The van der Waals surface area contributed by atoms with Crippen LogP contribution in [0.15, 0.2) is 60.1 Å². The lowest BCUT2D eigenvalue weighted by molar-refractivity contribution is -0.252. The highest BCUT2D eigenvalue weighted by Gasteiger charge is 2.66. The SMILES string of the molecule is C=C(OC1C(C)(C)C(OC(=O)c2ccc(O)cc2)C1(C)C)/C(C)=C/C=C(\C)O. The molecule has 0 unspecified atom stereocenters. The zero-order chi connectivity index (χ0) is 21.3. The molecule has 1 aromatic rings. The Bertz CT molecular complexity index is 792. The first-order valence-electron chi connectivity index (χ1n) is 9.27. The minimum Gasteiger partial charge on any atom is -0.513 e. The number of aliphatic hydroxyl groups is 1. The number of rotatable bonds is 6. The van der Waals surface area contributed by atoms with Crippen molar-refractivity contribution in [1.82, 2.24) is 0 Å². The van der Waals surface area contributed by atoms with E-state index in [0.717, 1.165) is 5.57 Å². The summed E-state index contributed by atoms with van der Waals surface area (Å²) in [6.07, 6.45) is 2.79. The van der Waals surface area contributed by atoms with Gasteiger partial charge in [-0.25, -0.2) is 4.79 Å². The van der Waals surface area contributed by atoms with E-state index in [1.165, 1.54) is 24.3 Å². The van der Waals surface area contributed by atoms with Crippen molar-refractivity contribution in [3.8, 4) is 5.75 Å². The smallest absolute Gasteiger partial charge is 0.338 e. The second-order valence-electron chi connectivity index (χ2n) is 8.55. The summed E-state index contributed by atoms with van der Waals surface area (Å²) in [5.41, 5.74) is 0.372. The van der Waals surface area contributed by atoms with Crippen molar-refractivity contribution < 1.29 is 24.5 Å². The number of carbonyl (C=O) groups is 1. The Morgan fingerprint density at radius 1 is 1.00 bits per heavy atom. The fourth-order valence-electron chi connectivity index (χ4n) is 4.05. The molecule has 1 aliphatic carbocycles. The Morgan fingerprint density at radius 2 is 1.50 bits per heavy atom. The third-order valence-corrected chi connectivity index (χ3v) is 5.31. The van der Waals surface area contributed by atoms with Crippen LogP contribution in [0.1, 0.15) is 51.9 Å². The zero-order valence-electron chi connectivity index (χ0n) is 17.4. The quantitative estimate of drug-likeness (QED) is 0.395. The molecule has 0 saturated heterocycles. The fraction of sp³-hybridized carbons (Fsp3) is 0.435. The van der Waals surface area contributed by atoms with Gasteiger partial charge in [0.05, 0.1) is 11.3 Å². The topological polar surface area (TPSA) is 76.0 Å². The van der Waals surface area contributed by atoms with Crippen LogP contribution in [0.25, 0.3) is 0 Å². The minimum atomic E-state index is -0.428. The van der Waals surface area contributed by atoms with Crippen molar-refractivity contribution in [2.24, 2.45) is 10.8 Å². The van der Waals surface area contributed by atoms with E-state index in [4.69, 9.17) is 9.47 Å². The van der Waals surface area contributed by atoms with Gasteiger partial charge in [0.1, 0.15) is 23.7 Å². The lowest BCUT2D eigenvalue weighted by Crippen LogP contribution is -2.69. The number of allylic oxidation sites excluding steroid dienone is 4. The molecule has 0 bridgehead atoms. The summed E-state index contributed by atoms with van der Waals surface area (Å²) in [7, 11) is 0. The molecule has 5 heteroatoms. The van der Waals surface area contributed by atoms with E-state index in [2.05, 4.69) is 6.58 Å². The maximum atomic E-state index is 12.5. The lowest BCUT2D eigenvalue weighted by Gasteiger charge is -2.61. The third kappa shape index (κ3) is 4.24. The molecule has 0 atom stereocenters. The van der Waals surface area contributed by atoms with Crippen LogP contribution in [0, 0.1) is 10.8 Å². The molecule has 0 aromatic heterocycles. The van der Waals surface area contributed by atoms with Crippen molar-refractivity contribution in [1.29, 1.82) is 0 Å². The first-order chi connectivity index (χ1) is 12.9. The summed E-state index contributed by atoms with van der Waals surface area (Å²) >= 11 is 0. The van der Waals surface area contributed by atoms with Crippen molar-refractivity contribution in [3.63, 3.8) is 0 Å². The standard InChI is InChI=1S/C23H30O5/c1-14(8-9-15(2)24)16(3)27-20-22(4,5)21(23(20,6)7)28-19(26)17-10-12-18(25)13-11-17/h8-13,20-21,24-25H,3H2,1-2,4-7H3/b14-8+,15-9+. The molecule has 28 heavy (non-hydrogen) atoms. The zero-order valence-corrected chi connectivity index (χ0v) is 17.4. The number of hydrogen-bond acceptors (Lipinski definition) is 5. The molecular weight excluding hydrogens is 356 g/mol. The molecule has 1 aromatic carbocycles. The van der Waals surface area contributed by atoms with E-state index in [1.54, 1.807) is 19.1 Å². The van der Waals surface area contributed by atoms with E-state index in [9.17, 15) is 15.0 Å². The van der Waals surface area contributed by atoms with Gasteiger partial charge in [0, 0.05) is 10.8 Å². The Balaban J connectivity index is 2.11. The number of ether oxygens (including phenoxy) is 2. The molecule has 0 amide bonds. The molecule has 5 nitrogen and oxygen atoms in total. The number of esters is 1. The molecule has 0 heterocycles. The average Bonchev–Trinajstić information content (AvgIpc) is 2.61. The highest BCUT2D eigenvalue weighted by Crippen LogP contribution is 2.58. The van der Waals surface area contributed by atoms with Gasteiger partial charge in [0.25, 0.3) is 0 Å². The van der Waals surface area contributed by atoms with Crippen molar-refractivity contribution in [3.05, 3.63) is 65.7 Å². The van der Waals surface area contributed by atoms with Gasteiger partial charge >= 0.3 is 5.97 Å². The van der Waals surface area contributed by atoms with Gasteiger partial charge in [0.15, 0.2) is 0 Å². The molecule has 0 spiro atoms. The summed E-state index contributed by atoms with van der Waals surface area (Å²) in [5, 5.41) is 18.7. The maximum absolute atomic E-state index is 12.5. The summed E-state index contributed by atoms with van der Waals surface area (Å²) in [5.74, 6) is 0.398. The van der Waals surface area contributed by atoms with Crippen LogP contribution in [0.2, 0.25) is 0 Å². The number of aromatic hydroxyl groups is 1. The molecule has 2 N–H and O–H groups in total. The number of aliphatic hydroxyl groups excluding tert-OH is 1. The van der Waals surface area contributed by atoms with Crippen LogP contribution in [0.4, 0.5) is 0 Å². The van der Waals surface area contributed by atoms with Crippen LogP contribution < -0.4 is 0 Å². The van der Waals surface area contributed by atoms with Crippen LogP contribution in [-0.4, -0.2) is 28.4 Å². The first-order valence-corrected chi connectivity index (χ1v) is 9.27. The Hall–Kier alpha value is -2.69.